The number of halogens is 1. The molecule has 1 atom stereocenters. The summed E-state index contributed by atoms with van der Waals surface area (Å²) in [6.45, 7) is 3.58. The highest BCUT2D eigenvalue weighted by atomic mass is 35.5. The first-order chi connectivity index (χ1) is 8.58. The van der Waals surface area contributed by atoms with Crippen molar-refractivity contribution >= 4 is 11.6 Å². The van der Waals surface area contributed by atoms with Crippen molar-refractivity contribution in [3.8, 4) is 11.6 Å². The Kier molecular flexibility index (Phi) is 3.84. The van der Waals surface area contributed by atoms with Gasteiger partial charge in [-0.05, 0) is 49.7 Å². The van der Waals surface area contributed by atoms with E-state index < -0.39 is 6.10 Å². The maximum atomic E-state index is 9.64. The first-order valence-electron chi connectivity index (χ1n) is 5.65. The number of aliphatic hydroxyl groups is 1. The second-order valence-corrected chi connectivity index (χ2v) is 4.49. The van der Waals surface area contributed by atoms with E-state index in [4.69, 9.17) is 16.3 Å². The molecule has 0 spiro atoms. The van der Waals surface area contributed by atoms with Crippen molar-refractivity contribution in [1.82, 2.24) is 4.98 Å². The maximum absolute atomic E-state index is 9.64. The number of aromatic nitrogens is 1. The Balaban J connectivity index is 2.31. The van der Waals surface area contributed by atoms with E-state index in [1.165, 1.54) is 0 Å². The van der Waals surface area contributed by atoms with Gasteiger partial charge in [0, 0.05) is 16.8 Å². The molecule has 0 amide bonds. The van der Waals surface area contributed by atoms with Crippen LogP contribution >= 0.6 is 11.6 Å². The summed E-state index contributed by atoms with van der Waals surface area (Å²) in [5, 5.41) is 10.3. The molecule has 0 saturated carbocycles. The number of nitrogens with zero attached hydrogens (tertiary/aromatic N) is 1. The first kappa shape index (κ1) is 12.9. The van der Waals surface area contributed by atoms with Gasteiger partial charge in [-0.1, -0.05) is 11.6 Å². The third kappa shape index (κ3) is 2.81. The molecule has 2 rings (SSSR count). The number of benzene rings is 1. The van der Waals surface area contributed by atoms with E-state index in [2.05, 4.69) is 4.98 Å². The topological polar surface area (TPSA) is 42.4 Å². The minimum absolute atomic E-state index is 0.411. The van der Waals surface area contributed by atoms with Gasteiger partial charge in [0.1, 0.15) is 5.75 Å². The maximum Gasteiger partial charge on any atom is 0.225 e. The summed E-state index contributed by atoms with van der Waals surface area (Å²) >= 11 is 5.95. The van der Waals surface area contributed by atoms with Crippen LogP contribution < -0.4 is 4.74 Å². The Morgan fingerprint density at radius 2 is 2.11 bits per heavy atom. The Bertz CT molecular complexity index is 555. The molecular weight excluding hydrogens is 250 g/mol. The van der Waals surface area contributed by atoms with Gasteiger partial charge in [-0.15, -0.1) is 0 Å². The molecule has 0 saturated heterocycles. The number of aliphatic hydroxyl groups excluding tert-OH is 1. The normalized spacial score (nSPS) is 12.2. The van der Waals surface area contributed by atoms with E-state index >= 15 is 0 Å². The lowest BCUT2D eigenvalue weighted by Gasteiger charge is -2.12. The van der Waals surface area contributed by atoms with Gasteiger partial charge >= 0.3 is 0 Å². The van der Waals surface area contributed by atoms with E-state index in [-0.39, 0.29) is 0 Å². The minimum atomic E-state index is -0.623. The second kappa shape index (κ2) is 5.38. The van der Waals surface area contributed by atoms with E-state index in [9.17, 15) is 5.11 Å². The van der Waals surface area contributed by atoms with Crippen molar-refractivity contribution < 1.29 is 9.84 Å². The van der Waals surface area contributed by atoms with Gasteiger partial charge in [-0.3, -0.25) is 0 Å². The quantitative estimate of drug-likeness (QED) is 0.914. The van der Waals surface area contributed by atoms with Crippen LogP contribution in [0.2, 0.25) is 5.02 Å². The predicted octanol–water partition coefficient (Wildman–Crippen LogP) is 3.89. The van der Waals surface area contributed by atoms with Crippen LogP contribution in [0, 0.1) is 6.92 Å². The summed E-state index contributed by atoms with van der Waals surface area (Å²) in [4.78, 5) is 4.13. The van der Waals surface area contributed by atoms with Crippen molar-refractivity contribution in [1.29, 1.82) is 0 Å². The van der Waals surface area contributed by atoms with Crippen molar-refractivity contribution in [3.05, 3.63) is 52.7 Å². The Hall–Kier alpha value is -1.58. The Labute approximate surface area is 111 Å². The molecule has 0 aliphatic rings. The molecule has 0 radical (unpaired) electrons. The summed E-state index contributed by atoms with van der Waals surface area (Å²) in [5.74, 6) is 1.06. The molecule has 0 fully saturated rings. The second-order valence-electron chi connectivity index (χ2n) is 4.09. The van der Waals surface area contributed by atoms with E-state index in [1.807, 2.05) is 13.0 Å². The molecule has 1 unspecified atom stereocenters. The highest BCUT2D eigenvalue weighted by molar-refractivity contribution is 6.31. The molecule has 2 aromatic rings. The molecule has 4 heteroatoms. The molecular formula is C14H14ClNO2. The van der Waals surface area contributed by atoms with Crippen LogP contribution in [0.4, 0.5) is 0 Å². The lowest BCUT2D eigenvalue weighted by molar-refractivity contribution is 0.194. The summed E-state index contributed by atoms with van der Waals surface area (Å²) in [6.07, 6.45) is 1.01. The fourth-order valence-corrected chi connectivity index (χ4v) is 1.72. The molecule has 0 aliphatic carbocycles. The lowest BCUT2D eigenvalue weighted by Crippen LogP contribution is -1.98. The third-order valence-electron chi connectivity index (χ3n) is 2.59. The number of hydrogen-bond donors (Lipinski definition) is 1. The van der Waals surface area contributed by atoms with Crippen molar-refractivity contribution in [2.24, 2.45) is 0 Å². The lowest BCUT2D eigenvalue weighted by atomic mass is 10.2. The standard InChI is InChI=1S/C14H14ClNO2/c1-9-8-11(5-6-13(9)15)18-14-12(10(2)17)4-3-7-16-14/h3-8,10,17H,1-2H3. The molecule has 1 aromatic carbocycles. The Morgan fingerprint density at radius 1 is 1.33 bits per heavy atom. The number of hydrogen-bond acceptors (Lipinski definition) is 3. The largest absolute Gasteiger partial charge is 0.439 e. The van der Waals surface area contributed by atoms with Crippen molar-refractivity contribution in [3.63, 3.8) is 0 Å². The van der Waals surface area contributed by atoms with Gasteiger partial charge in [0.15, 0.2) is 0 Å². The highest BCUT2D eigenvalue weighted by Gasteiger charge is 2.11. The minimum Gasteiger partial charge on any atom is -0.439 e. The van der Waals surface area contributed by atoms with E-state index in [0.717, 1.165) is 5.56 Å². The predicted molar refractivity (Wildman–Crippen MR) is 71.1 cm³/mol. The Morgan fingerprint density at radius 3 is 2.78 bits per heavy atom. The third-order valence-corrected chi connectivity index (χ3v) is 3.02. The van der Waals surface area contributed by atoms with Crippen LogP contribution in [-0.2, 0) is 0 Å². The summed E-state index contributed by atoms with van der Waals surface area (Å²) in [5.41, 5.74) is 1.59. The molecule has 18 heavy (non-hydrogen) atoms. The van der Waals surface area contributed by atoms with Crippen LogP contribution in [0.5, 0.6) is 11.6 Å². The SMILES string of the molecule is Cc1cc(Oc2ncccc2C(C)O)ccc1Cl. The van der Waals surface area contributed by atoms with E-state index in [1.54, 1.807) is 37.4 Å². The summed E-state index contributed by atoms with van der Waals surface area (Å²) < 4.78 is 5.68. The average Bonchev–Trinajstić information content (AvgIpc) is 2.34. The number of rotatable bonds is 3. The molecule has 1 aromatic heterocycles. The zero-order valence-electron chi connectivity index (χ0n) is 10.2. The van der Waals surface area contributed by atoms with Crippen molar-refractivity contribution in [2.75, 3.05) is 0 Å². The average molecular weight is 264 g/mol. The van der Waals surface area contributed by atoms with E-state index in [0.29, 0.717) is 22.2 Å². The van der Waals surface area contributed by atoms with Gasteiger partial charge in [-0.25, -0.2) is 4.98 Å². The van der Waals surface area contributed by atoms with Crippen LogP contribution in [0.15, 0.2) is 36.5 Å². The highest BCUT2D eigenvalue weighted by Crippen LogP contribution is 2.29. The molecule has 0 bridgehead atoms. The summed E-state index contributed by atoms with van der Waals surface area (Å²) in [6, 6.07) is 8.94. The van der Waals surface area contributed by atoms with Gasteiger partial charge < -0.3 is 9.84 Å². The monoisotopic (exact) mass is 263 g/mol. The van der Waals surface area contributed by atoms with Crippen LogP contribution in [-0.4, -0.2) is 10.1 Å². The number of ether oxygens (including phenoxy) is 1. The zero-order valence-corrected chi connectivity index (χ0v) is 11.0. The van der Waals surface area contributed by atoms with Crippen molar-refractivity contribution in [2.45, 2.75) is 20.0 Å². The van der Waals surface area contributed by atoms with Gasteiger partial charge in [-0.2, -0.15) is 0 Å². The van der Waals surface area contributed by atoms with Crippen LogP contribution in [0.3, 0.4) is 0 Å². The molecule has 1 heterocycles. The first-order valence-corrected chi connectivity index (χ1v) is 6.02. The fraction of sp³-hybridized carbons (Fsp3) is 0.214. The van der Waals surface area contributed by atoms with Crippen LogP contribution in [0.25, 0.3) is 0 Å². The van der Waals surface area contributed by atoms with Crippen LogP contribution in [0.1, 0.15) is 24.2 Å². The molecule has 94 valence electrons. The molecule has 1 N–H and O–H groups in total. The van der Waals surface area contributed by atoms with Gasteiger partial charge in [0.25, 0.3) is 0 Å². The molecule has 3 nitrogen and oxygen atoms in total. The molecule has 0 aliphatic heterocycles. The number of aryl methyl sites for hydroxylation is 1. The van der Waals surface area contributed by atoms with Gasteiger partial charge in [0.2, 0.25) is 5.88 Å². The fourth-order valence-electron chi connectivity index (χ4n) is 1.60. The zero-order chi connectivity index (χ0) is 13.1. The smallest absolute Gasteiger partial charge is 0.225 e. The summed E-state index contributed by atoms with van der Waals surface area (Å²) in [7, 11) is 0. The van der Waals surface area contributed by atoms with Gasteiger partial charge in [0.05, 0.1) is 6.10 Å². The number of pyridine rings is 1.